The number of carbonyl (C=O) groups is 3. The SMILES string of the molecule is NNc1ccccc1.O=C1C=C(NNc2ccccc2)CCN1.O=C1CCNC(=O)C1. The highest BCUT2D eigenvalue weighted by Gasteiger charge is 2.13. The number of carbonyl (C=O) groups excluding carboxylic acids is 3. The Morgan fingerprint density at radius 3 is 1.84 bits per heavy atom. The van der Waals surface area contributed by atoms with Crippen LogP contribution in [0.4, 0.5) is 11.4 Å². The second-order valence-corrected chi connectivity index (χ2v) is 6.65. The van der Waals surface area contributed by atoms with Crippen molar-refractivity contribution in [3.05, 3.63) is 72.4 Å². The summed E-state index contributed by atoms with van der Waals surface area (Å²) in [7, 11) is 0. The molecule has 0 atom stereocenters. The number of Topliss-reactive ketones (excluding diaryl/α,β-unsaturated/α-hetero) is 1. The molecule has 0 aliphatic carbocycles. The van der Waals surface area contributed by atoms with Gasteiger partial charge in [-0.05, 0) is 24.3 Å². The molecule has 9 nitrogen and oxygen atoms in total. The monoisotopic (exact) mass is 424 g/mol. The zero-order chi connectivity index (χ0) is 22.3. The number of nitrogen functional groups attached to an aromatic ring is 1. The summed E-state index contributed by atoms with van der Waals surface area (Å²) in [6.45, 7) is 1.21. The van der Waals surface area contributed by atoms with Gasteiger partial charge in [0.2, 0.25) is 11.8 Å². The lowest BCUT2D eigenvalue weighted by Gasteiger charge is -2.16. The van der Waals surface area contributed by atoms with Crippen LogP contribution in [0.1, 0.15) is 19.3 Å². The predicted molar refractivity (Wildman–Crippen MR) is 120 cm³/mol. The Balaban J connectivity index is 0.000000181. The van der Waals surface area contributed by atoms with Crippen LogP contribution < -0.4 is 32.8 Å². The number of ketones is 1. The molecule has 0 radical (unpaired) electrons. The van der Waals surface area contributed by atoms with Crippen molar-refractivity contribution >= 4 is 29.0 Å². The molecule has 0 spiro atoms. The summed E-state index contributed by atoms with van der Waals surface area (Å²) in [5.41, 5.74) is 11.4. The Morgan fingerprint density at radius 1 is 0.742 bits per heavy atom. The van der Waals surface area contributed by atoms with E-state index in [-0.39, 0.29) is 24.0 Å². The molecule has 164 valence electrons. The highest BCUT2D eigenvalue weighted by Crippen LogP contribution is 2.06. The number of hydrazine groups is 2. The van der Waals surface area contributed by atoms with E-state index in [0.717, 1.165) is 23.5 Å². The number of piperidine rings is 1. The van der Waals surface area contributed by atoms with E-state index >= 15 is 0 Å². The first-order chi connectivity index (χ1) is 15.1. The van der Waals surface area contributed by atoms with Crippen molar-refractivity contribution in [1.82, 2.24) is 16.1 Å². The highest BCUT2D eigenvalue weighted by molar-refractivity contribution is 6.00. The summed E-state index contributed by atoms with van der Waals surface area (Å²) in [5.74, 6) is 4.97. The van der Waals surface area contributed by atoms with E-state index in [9.17, 15) is 14.4 Å². The molecule has 1 saturated heterocycles. The first-order valence-corrected chi connectivity index (χ1v) is 9.92. The smallest absolute Gasteiger partial charge is 0.245 e. The van der Waals surface area contributed by atoms with Crippen LogP contribution in [0.5, 0.6) is 0 Å². The van der Waals surface area contributed by atoms with Crippen LogP contribution in [0, 0.1) is 0 Å². The van der Waals surface area contributed by atoms with E-state index in [2.05, 4.69) is 26.9 Å². The van der Waals surface area contributed by atoms with E-state index in [1.54, 1.807) is 6.08 Å². The molecule has 2 heterocycles. The molecular weight excluding hydrogens is 396 g/mol. The van der Waals surface area contributed by atoms with Crippen molar-refractivity contribution in [2.75, 3.05) is 23.9 Å². The first-order valence-electron chi connectivity index (χ1n) is 9.92. The standard InChI is InChI=1S/C11H13N3O.C6H8N2.C5H7NO2/c15-11-8-10(6-7-12-11)14-13-9-4-2-1-3-5-9;7-8-6-4-2-1-3-5-6;7-4-1-2-6-5(8)3-4/h1-5,8,13-14H,6-7H2,(H,12,15);1-5,8H,7H2;1-3H2,(H,6,8). The zero-order valence-corrected chi connectivity index (χ0v) is 17.2. The molecule has 2 aromatic rings. The van der Waals surface area contributed by atoms with Gasteiger partial charge in [0, 0.05) is 43.4 Å². The third-order valence-electron chi connectivity index (χ3n) is 4.16. The number of hydrogen-bond donors (Lipinski definition) is 6. The lowest BCUT2D eigenvalue weighted by Crippen LogP contribution is -2.33. The molecule has 0 saturated carbocycles. The average molecular weight is 425 g/mol. The van der Waals surface area contributed by atoms with Crippen molar-refractivity contribution in [1.29, 1.82) is 0 Å². The minimum atomic E-state index is -0.138. The van der Waals surface area contributed by atoms with Crippen LogP contribution in [0.3, 0.4) is 0 Å². The van der Waals surface area contributed by atoms with Gasteiger partial charge >= 0.3 is 0 Å². The van der Waals surface area contributed by atoms with Gasteiger partial charge in [0.25, 0.3) is 0 Å². The Bertz CT molecular complexity index is 857. The van der Waals surface area contributed by atoms with Crippen molar-refractivity contribution in [3.63, 3.8) is 0 Å². The normalized spacial score (nSPS) is 14.9. The molecule has 2 aliphatic heterocycles. The fraction of sp³-hybridized carbons (Fsp3) is 0.227. The molecule has 31 heavy (non-hydrogen) atoms. The van der Waals surface area contributed by atoms with Gasteiger partial charge in [0.1, 0.15) is 5.78 Å². The van der Waals surface area contributed by atoms with E-state index in [1.165, 1.54) is 0 Å². The molecule has 1 fully saturated rings. The van der Waals surface area contributed by atoms with Gasteiger partial charge in [0.15, 0.2) is 0 Å². The summed E-state index contributed by atoms with van der Waals surface area (Å²) in [4.78, 5) is 31.8. The third kappa shape index (κ3) is 9.95. The summed E-state index contributed by atoms with van der Waals surface area (Å²) < 4.78 is 0. The van der Waals surface area contributed by atoms with Gasteiger partial charge < -0.3 is 26.9 Å². The minimum Gasteiger partial charge on any atom is -0.355 e. The molecule has 0 unspecified atom stereocenters. The van der Waals surface area contributed by atoms with E-state index in [1.807, 2.05) is 60.7 Å². The van der Waals surface area contributed by atoms with Gasteiger partial charge in [-0.1, -0.05) is 36.4 Å². The maximum absolute atomic E-state index is 11.0. The van der Waals surface area contributed by atoms with Crippen molar-refractivity contribution in [3.8, 4) is 0 Å². The molecule has 4 rings (SSSR count). The first kappa shape index (κ1) is 23.4. The molecule has 2 aliphatic rings. The van der Waals surface area contributed by atoms with Crippen LogP contribution in [0.25, 0.3) is 0 Å². The predicted octanol–water partition coefficient (Wildman–Crippen LogP) is 1.44. The van der Waals surface area contributed by atoms with Crippen molar-refractivity contribution < 1.29 is 14.4 Å². The maximum atomic E-state index is 11.0. The lowest BCUT2D eigenvalue weighted by atomic mass is 10.1. The van der Waals surface area contributed by atoms with Gasteiger partial charge in [-0.3, -0.25) is 20.2 Å². The number of nitrogens with two attached hydrogens (primary N) is 1. The van der Waals surface area contributed by atoms with Crippen LogP contribution >= 0.6 is 0 Å². The Labute approximate surface area is 181 Å². The topological polar surface area (TPSA) is 137 Å². The van der Waals surface area contributed by atoms with E-state index < -0.39 is 0 Å². The fourth-order valence-electron chi connectivity index (χ4n) is 2.58. The van der Waals surface area contributed by atoms with Crippen molar-refractivity contribution in [2.24, 2.45) is 5.84 Å². The molecule has 2 aromatic carbocycles. The fourth-order valence-corrected chi connectivity index (χ4v) is 2.58. The largest absolute Gasteiger partial charge is 0.355 e. The number of hydrogen-bond acceptors (Lipinski definition) is 7. The molecule has 0 bridgehead atoms. The number of rotatable bonds is 4. The number of para-hydroxylation sites is 2. The Kier molecular flexibility index (Phi) is 10.1. The second-order valence-electron chi connectivity index (χ2n) is 6.65. The number of anilines is 2. The molecule has 0 aromatic heterocycles. The summed E-state index contributed by atoms with van der Waals surface area (Å²) in [6, 6.07) is 19.4. The minimum absolute atomic E-state index is 0.0430. The van der Waals surface area contributed by atoms with Crippen LogP contribution in [-0.2, 0) is 14.4 Å². The third-order valence-corrected chi connectivity index (χ3v) is 4.16. The van der Waals surface area contributed by atoms with Gasteiger partial charge in [-0.25, -0.2) is 0 Å². The maximum Gasteiger partial charge on any atom is 0.245 e. The Morgan fingerprint density at radius 2 is 1.35 bits per heavy atom. The van der Waals surface area contributed by atoms with Crippen LogP contribution in [0.15, 0.2) is 72.4 Å². The van der Waals surface area contributed by atoms with Gasteiger partial charge in [0.05, 0.1) is 12.1 Å². The van der Waals surface area contributed by atoms with Crippen molar-refractivity contribution in [2.45, 2.75) is 19.3 Å². The molecular formula is C22H28N6O3. The lowest BCUT2D eigenvalue weighted by molar-refractivity contribution is -0.130. The second kappa shape index (κ2) is 13.4. The zero-order valence-electron chi connectivity index (χ0n) is 17.2. The van der Waals surface area contributed by atoms with E-state index in [0.29, 0.717) is 19.5 Å². The Hall–Kier alpha value is -3.85. The average Bonchev–Trinajstić information content (AvgIpc) is 2.80. The summed E-state index contributed by atoms with van der Waals surface area (Å²) in [5, 5.41) is 5.28. The number of benzene rings is 2. The summed E-state index contributed by atoms with van der Waals surface area (Å²) in [6.07, 6.45) is 2.98. The van der Waals surface area contributed by atoms with Crippen LogP contribution in [-0.4, -0.2) is 30.7 Å². The molecule has 9 heteroatoms. The summed E-state index contributed by atoms with van der Waals surface area (Å²) >= 11 is 0. The van der Waals surface area contributed by atoms with Gasteiger partial charge in [-0.15, -0.1) is 0 Å². The number of nitrogens with one attached hydrogen (secondary N) is 5. The highest BCUT2D eigenvalue weighted by atomic mass is 16.2. The quantitative estimate of drug-likeness (QED) is 0.248. The number of amides is 2. The van der Waals surface area contributed by atoms with Crippen LogP contribution in [0.2, 0.25) is 0 Å². The molecule has 2 amide bonds. The van der Waals surface area contributed by atoms with Gasteiger partial charge in [-0.2, -0.15) is 0 Å². The van der Waals surface area contributed by atoms with E-state index in [4.69, 9.17) is 5.84 Å². The molecule has 7 N–H and O–H groups in total.